The Morgan fingerprint density at radius 3 is 2.65 bits per heavy atom. The second kappa shape index (κ2) is 10.4. The molecule has 2 atom stereocenters. The molecule has 2 N–H and O–H groups in total. The van der Waals surface area contributed by atoms with E-state index in [1.165, 1.54) is 4.90 Å². The van der Waals surface area contributed by atoms with Gasteiger partial charge in [-0.1, -0.05) is 6.92 Å². The Morgan fingerprint density at radius 1 is 1.19 bits per heavy atom. The third-order valence-electron chi connectivity index (χ3n) is 8.58. The fourth-order valence-electron chi connectivity index (χ4n) is 6.19. The van der Waals surface area contributed by atoms with Gasteiger partial charge < -0.3 is 25.2 Å². The molecular formula is C28H29F3N6O4S2. The van der Waals surface area contributed by atoms with Gasteiger partial charge in [0.15, 0.2) is 9.84 Å². The molecule has 1 aromatic carbocycles. The number of rotatable bonds is 6. The minimum absolute atomic E-state index is 0.00423. The maximum absolute atomic E-state index is 14.2. The van der Waals surface area contributed by atoms with E-state index in [9.17, 15) is 26.4 Å². The summed E-state index contributed by atoms with van der Waals surface area (Å²) in [7, 11) is -3.92. The van der Waals surface area contributed by atoms with Crippen molar-refractivity contribution in [1.29, 1.82) is 0 Å². The van der Waals surface area contributed by atoms with Crippen molar-refractivity contribution >= 4 is 44.4 Å². The smallest absolute Gasteiger partial charge is 0.377 e. The summed E-state index contributed by atoms with van der Waals surface area (Å²) >= 11 is 0.703. The Bertz CT molecular complexity index is 1710. The molecule has 3 saturated heterocycles. The lowest BCUT2D eigenvalue weighted by Crippen LogP contribution is -2.52. The van der Waals surface area contributed by atoms with E-state index in [2.05, 4.69) is 31.6 Å². The molecule has 2 bridgehead atoms. The van der Waals surface area contributed by atoms with Crippen LogP contribution in [0.1, 0.15) is 34.1 Å². The third kappa shape index (κ3) is 5.05. The Labute approximate surface area is 250 Å². The maximum Gasteiger partial charge on any atom is 0.420 e. The number of carbonyl (C=O) groups is 1. The van der Waals surface area contributed by atoms with Gasteiger partial charge in [-0.05, 0) is 42.7 Å². The molecule has 0 aliphatic carbocycles. The second-order valence-electron chi connectivity index (χ2n) is 11.2. The van der Waals surface area contributed by atoms with Gasteiger partial charge in [-0.15, -0.1) is 11.3 Å². The number of fused-ring (bicyclic) bond motifs is 3. The number of nitrogens with zero attached hydrogens (tertiary/aromatic N) is 4. The number of carbonyl (C=O) groups excluding carboxylic acids is 1. The van der Waals surface area contributed by atoms with Gasteiger partial charge in [-0.25, -0.2) is 18.4 Å². The van der Waals surface area contributed by atoms with Gasteiger partial charge in [0, 0.05) is 49.3 Å². The van der Waals surface area contributed by atoms with Crippen molar-refractivity contribution in [3.63, 3.8) is 0 Å². The van der Waals surface area contributed by atoms with Crippen LogP contribution < -0.4 is 15.5 Å². The summed E-state index contributed by atoms with van der Waals surface area (Å²) in [6.07, 6.45) is -2.34. The molecule has 1 amide bonds. The molecule has 43 heavy (non-hydrogen) atoms. The number of aryl methyl sites for hydroxylation is 1. The summed E-state index contributed by atoms with van der Waals surface area (Å²) in [5.41, 5.74) is 1.11. The summed E-state index contributed by atoms with van der Waals surface area (Å²) in [6.45, 7) is 4.44. The number of hydrogen-bond acceptors (Lipinski definition) is 10. The number of nitrogens with one attached hydrogen (secondary N) is 2. The van der Waals surface area contributed by atoms with E-state index in [0.717, 1.165) is 36.8 Å². The van der Waals surface area contributed by atoms with Crippen LogP contribution in [0.15, 0.2) is 35.4 Å². The first kappa shape index (κ1) is 28.5. The Kier molecular flexibility index (Phi) is 6.91. The van der Waals surface area contributed by atoms with Crippen molar-refractivity contribution in [3.05, 3.63) is 46.5 Å². The number of piperazine rings is 1. The minimum atomic E-state index is -4.81. The maximum atomic E-state index is 14.2. The topological polar surface area (TPSA) is 117 Å². The van der Waals surface area contributed by atoms with E-state index in [1.807, 2.05) is 19.1 Å². The van der Waals surface area contributed by atoms with Crippen LogP contribution in [0.25, 0.3) is 10.6 Å². The lowest BCUT2D eigenvalue weighted by molar-refractivity contribution is -0.137. The second-order valence-corrected chi connectivity index (χ2v) is 14.4. The van der Waals surface area contributed by atoms with Crippen molar-refractivity contribution < 1.29 is 31.1 Å². The van der Waals surface area contributed by atoms with Crippen LogP contribution in [0.4, 0.5) is 30.5 Å². The van der Waals surface area contributed by atoms with Gasteiger partial charge in [0.1, 0.15) is 10.4 Å². The van der Waals surface area contributed by atoms with Crippen LogP contribution in [-0.2, 0) is 27.2 Å². The number of ether oxygens (including phenoxy) is 1. The lowest BCUT2D eigenvalue weighted by Gasteiger charge is -2.36. The van der Waals surface area contributed by atoms with Gasteiger partial charge in [0.2, 0.25) is 5.95 Å². The first-order valence-electron chi connectivity index (χ1n) is 14.1. The molecule has 15 heteroatoms. The summed E-state index contributed by atoms with van der Waals surface area (Å²) < 4.78 is 73.8. The number of alkyl halides is 3. The van der Waals surface area contributed by atoms with Gasteiger partial charge in [0.05, 0.1) is 40.5 Å². The monoisotopic (exact) mass is 634 g/mol. The van der Waals surface area contributed by atoms with E-state index in [4.69, 9.17) is 4.74 Å². The van der Waals surface area contributed by atoms with E-state index < -0.39 is 33.2 Å². The fourth-order valence-corrected chi connectivity index (χ4v) is 9.11. The lowest BCUT2D eigenvalue weighted by atomic mass is 10.1. The fraction of sp³-hybridized carbons (Fsp3) is 0.464. The van der Waals surface area contributed by atoms with E-state index in [0.29, 0.717) is 41.7 Å². The van der Waals surface area contributed by atoms with Crippen molar-refractivity contribution in [2.45, 2.75) is 49.0 Å². The zero-order valence-electron chi connectivity index (χ0n) is 23.1. The molecule has 6 heterocycles. The molecule has 7 rings (SSSR count). The summed E-state index contributed by atoms with van der Waals surface area (Å²) in [4.78, 5) is 24.9. The molecule has 10 nitrogen and oxygen atoms in total. The SMILES string of the molecule is CCc1cc(N2C[C@@H]3C[C@H]2CN3)ccc1Nc1ncc(C(F)(F)F)c(-c2cc3c(s2)C(=O)N(C2COC2)CCS3(=O)=O)n1. The Hall–Kier alpha value is -3.27. The van der Waals surface area contributed by atoms with Gasteiger partial charge >= 0.3 is 6.18 Å². The molecule has 0 radical (unpaired) electrons. The van der Waals surface area contributed by atoms with Crippen LogP contribution >= 0.6 is 11.3 Å². The quantitative estimate of drug-likeness (QED) is 0.419. The van der Waals surface area contributed by atoms with Gasteiger partial charge in [-0.3, -0.25) is 4.79 Å². The number of benzene rings is 1. The zero-order chi connectivity index (χ0) is 30.1. The van der Waals surface area contributed by atoms with E-state index in [-0.39, 0.29) is 52.2 Å². The predicted molar refractivity (Wildman–Crippen MR) is 155 cm³/mol. The number of amides is 1. The van der Waals surface area contributed by atoms with E-state index >= 15 is 0 Å². The summed E-state index contributed by atoms with van der Waals surface area (Å²) in [5, 5.41) is 6.57. The van der Waals surface area contributed by atoms with Crippen molar-refractivity contribution in [3.8, 4) is 10.6 Å². The predicted octanol–water partition coefficient (Wildman–Crippen LogP) is 3.71. The van der Waals surface area contributed by atoms with Gasteiger partial charge in [-0.2, -0.15) is 13.2 Å². The number of aromatic nitrogens is 2. The number of thiophene rings is 1. The number of anilines is 3. The molecule has 0 unspecified atom stereocenters. The van der Waals surface area contributed by atoms with Crippen molar-refractivity contribution in [2.24, 2.45) is 0 Å². The molecular weight excluding hydrogens is 605 g/mol. The molecule has 3 aromatic rings. The highest BCUT2D eigenvalue weighted by molar-refractivity contribution is 7.91. The zero-order valence-corrected chi connectivity index (χ0v) is 24.8. The van der Waals surface area contributed by atoms with Crippen molar-refractivity contribution in [2.75, 3.05) is 48.8 Å². The van der Waals surface area contributed by atoms with E-state index in [1.54, 1.807) is 0 Å². The molecule has 4 aliphatic heterocycles. The number of hydrogen-bond donors (Lipinski definition) is 2. The average Bonchev–Trinajstić information content (AvgIpc) is 3.69. The number of halogens is 3. The van der Waals surface area contributed by atoms with Crippen molar-refractivity contribution in [1.82, 2.24) is 20.2 Å². The minimum Gasteiger partial charge on any atom is -0.377 e. The molecule has 2 aromatic heterocycles. The van der Waals surface area contributed by atoms with Crippen LogP contribution in [-0.4, -0.2) is 85.9 Å². The van der Waals surface area contributed by atoms with Crippen LogP contribution in [0.3, 0.4) is 0 Å². The standard InChI is InChI=1S/C28H29F3N6O4S2/c1-2-15-7-17(37-12-16-8-18(37)10-32-16)3-4-21(15)34-27-33-11-20(28(29,30)31)24(35-27)22-9-23-25(42-22)26(38)36(19-13-41-14-19)5-6-43(23,39)40/h3-4,7,9,11,16,18-19,32H,2,5-6,8,10,12-14H2,1H3,(H,33,34,35)/t16-,18-/m0/s1. The van der Waals surface area contributed by atoms with Gasteiger partial charge in [0.25, 0.3) is 5.91 Å². The summed E-state index contributed by atoms with van der Waals surface area (Å²) in [5.74, 6) is -0.927. The molecule has 4 aliphatic rings. The molecule has 3 fully saturated rings. The van der Waals surface area contributed by atoms with Crippen LogP contribution in [0.5, 0.6) is 0 Å². The third-order valence-corrected chi connectivity index (χ3v) is 11.6. The average molecular weight is 635 g/mol. The molecule has 0 saturated carbocycles. The highest BCUT2D eigenvalue weighted by atomic mass is 32.2. The highest BCUT2D eigenvalue weighted by Gasteiger charge is 2.41. The van der Waals surface area contributed by atoms with Crippen LogP contribution in [0, 0.1) is 0 Å². The van der Waals surface area contributed by atoms with Crippen LogP contribution in [0.2, 0.25) is 0 Å². The summed E-state index contributed by atoms with van der Waals surface area (Å²) in [6, 6.07) is 7.75. The Morgan fingerprint density at radius 2 is 2.00 bits per heavy atom. The molecule has 0 spiro atoms. The first-order valence-corrected chi connectivity index (χ1v) is 16.6. The first-order chi connectivity index (χ1) is 20.5. The molecule has 228 valence electrons. The normalized spacial score (nSPS) is 23.3. The Balaban J connectivity index is 1.24. The largest absolute Gasteiger partial charge is 0.420 e. The highest BCUT2D eigenvalue weighted by Crippen LogP contribution is 2.42. The number of sulfone groups is 1.